The summed E-state index contributed by atoms with van der Waals surface area (Å²) in [4.78, 5) is 12.4. The fraction of sp³-hybridized carbons (Fsp3) is 0.167. The first kappa shape index (κ1) is 14.2. The van der Waals surface area contributed by atoms with Gasteiger partial charge in [-0.05, 0) is 42.8 Å². The molecule has 0 aliphatic rings. The molecule has 3 aromatic rings. The Morgan fingerprint density at radius 3 is 2.59 bits per heavy atom. The summed E-state index contributed by atoms with van der Waals surface area (Å²) >= 11 is 0. The Morgan fingerprint density at radius 2 is 1.91 bits per heavy atom. The van der Waals surface area contributed by atoms with Gasteiger partial charge in [0.25, 0.3) is 0 Å². The summed E-state index contributed by atoms with van der Waals surface area (Å²) in [6.45, 7) is 1.98. The van der Waals surface area contributed by atoms with E-state index in [1.54, 1.807) is 6.26 Å². The normalized spacial score (nSPS) is 12.0. The first-order valence-electron chi connectivity index (χ1n) is 7.25. The molecule has 0 aliphatic heterocycles. The van der Waals surface area contributed by atoms with Gasteiger partial charge in [-0.25, -0.2) is 0 Å². The van der Waals surface area contributed by atoms with Gasteiger partial charge >= 0.3 is 0 Å². The molecule has 1 aromatic carbocycles. The van der Waals surface area contributed by atoms with Gasteiger partial charge < -0.3 is 14.3 Å². The monoisotopic (exact) mass is 294 g/mol. The van der Waals surface area contributed by atoms with Gasteiger partial charge in [-0.2, -0.15) is 0 Å². The lowest BCUT2D eigenvalue weighted by Gasteiger charge is -2.17. The molecule has 0 spiro atoms. The minimum Gasteiger partial charge on any atom is -0.467 e. The maximum atomic E-state index is 12.4. The van der Waals surface area contributed by atoms with Gasteiger partial charge in [0.05, 0.1) is 18.7 Å². The zero-order valence-electron chi connectivity index (χ0n) is 12.4. The highest BCUT2D eigenvalue weighted by Crippen LogP contribution is 2.24. The van der Waals surface area contributed by atoms with Crippen LogP contribution in [0.3, 0.4) is 0 Å². The number of nitrogens with zero attached hydrogens (tertiary/aromatic N) is 1. The van der Waals surface area contributed by atoms with Crippen molar-refractivity contribution in [3.05, 3.63) is 78.5 Å². The Hall–Kier alpha value is -2.75. The average molecular weight is 294 g/mol. The van der Waals surface area contributed by atoms with E-state index in [9.17, 15) is 4.79 Å². The molecule has 0 unspecified atom stereocenters. The molecule has 0 saturated carbocycles. The zero-order valence-corrected chi connectivity index (χ0v) is 12.4. The SMILES string of the molecule is Cc1ccccc1NC(=O)C[C@H](c1ccco1)n1cccc1. The highest BCUT2D eigenvalue weighted by molar-refractivity contribution is 5.91. The van der Waals surface area contributed by atoms with Crippen LogP contribution >= 0.6 is 0 Å². The molecule has 2 aromatic heterocycles. The quantitative estimate of drug-likeness (QED) is 0.773. The Bertz CT molecular complexity index is 696. The molecule has 0 aliphatic carbocycles. The molecule has 4 nitrogen and oxygen atoms in total. The number of hydrogen-bond donors (Lipinski definition) is 1. The number of furan rings is 1. The molecule has 4 heteroatoms. The largest absolute Gasteiger partial charge is 0.467 e. The molecule has 1 N–H and O–H groups in total. The number of para-hydroxylation sites is 1. The fourth-order valence-corrected chi connectivity index (χ4v) is 2.48. The van der Waals surface area contributed by atoms with Crippen molar-refractivity contribution in [2.24, 2.45) is 0 Å². The highest BCUT2D eigenvalue weighted by atomic mass is 16.3. The Morgan fingerprint density at radius 1 is 1.14 bits per heavy atom. The van der Waals surface area contributed by atoms with Crippen LogP contribution in [0.1, 0.15) is 23.8 Å². The Labute approximate surface area is 129 Å². The number of benzene rings is 1. The van der Waals surface area contributed by atoms with Crippen LogP contribution in [-0.2, 0) is 4.79 Å². The lowest BCUT2D eigenvalue weighted by molar-refractivity contribution is -0.116. The molecular formula is C18H18N2O2. The number of carbonyl (C=O) groups is 1. The zero-order chi connectivity index (χ0) is 15.4. The number of anilines is 1. The number of rotatable bonds is 5. The summed E-state index contributed by atoms with van der Waals surface area (Å²) < 4.78 is 7.48. The third-order valence-corrected chi connectivity index (χ3v) is 3.66. The van der Waals surface area contributed by atoms with Crippen molar-refractivity contribution in [2.45, 2.75) is 19.4 Å². The maximum absolute atomic E-state index is 12.4. The molecule has 112 valence electrons. The van der Waals surface area contributed by atoms with Gasteiger partial charge in [0.2, 0.25) is 5.91 Å². The molecule has 22 heavy (non-hydrogen) atoms. The van der Waals surface area contributed by atoms with Crippen molar-refractivity contribution >= 4 is 11.6 Å². The van der Waals surface area contributed by atoms with E-state index >= 15 is 0 Å². The lowest BCUT2D eigenvalue weighted by atomic mass is 10.1. The Balaban J connectivity index is 1.77. The summed E-state index contributed by atoms with van der Waals surface area (Å²) in [5, 5.41) is 2.97. The summed E-state index contributed by atoms with van der Waals surface area (Å²) in [6, 6.07) is 15.2. The van der Waals surface area contributed by atoms with E-state index in [1.165, 1.54) is 0 Å². The van der Waals surface area contributed by atoms with Crippen molar-refractivity contribution in [3.63, 3.8) is 0 Å². The summed E-state index contributed by atoms with van der Waals surface area (Å²) in [7, 11) is 0. The van der Waals surface area contributed by atoms with Crippen molar-refractivity contribution in [1.82, 2.24) is 4.57 Å². The third-order valence-electron chi connectivity index (χ3n) is 3.66. The summed E-state index contributed by atoms with van der Waals surface area (Å²) in [5.74, 6) is 0.737. The van der Waals surface area contributed by atoms with Crippen molar-refractivity contribution in [1.29, 1.82) is 0 Å². The number of carbonyl (C=O) groups excluding carboxylic acids is 1. The summed E-state index contributed by atoms with van der Waals surface area (Å²) in [5.41, 5.74) is 1.89. The van der Waals surface area contributed by atoms with Crippen LogP contribution in [0.2, 0.25) is 0 Å². The fourth-order valence-electron chi connectivity index (χ4n) is 2.48. The van der Waals surface area contributed by atoms with Crippen LogP contribution in [0.25, 0.3) is 0 Å². The predicted octanol–water partition coefficient (Wildman–Crippen LogP) is 4.01. The molecule has 0 radical (unpaired) electrons. The van der Waals surface area contributed by atoms with Gasteiger partial charge in [0.15, 0.2) is 0 Å². The second-order valence-corrected chi connectivity index (χ2v) is 5.23. The first-order chi connectivity index (χ1) is 10.7. The second kappa shape index (κ2) is 6.35. The third kappa shape index (κ3) is 3.11. The van der Waals surface area contributed by atoms with E-state index < -0.39 is 0 Å². The van der Waals surface area contributed by atoms with Crippen molar-refractivity contribution in [3.8, 4) is 0 Å². The number of hydrogen-bond acceptors (Lipinski definition) is 2. The van der Waals surface area contributed by atoms with Crippen LogP contribution in [-0.4, -0.2) is 10.5 Å². The second-order valence-electron chi connectivity index (χ2n) is 5.23. The number of aromatic nitrogens is 1. The predicted molar refractivity (Wildman–Crippen MR) is 85.7 cm³/mol. The first-order valence-corrected chi connectivity index (χ1v) is 7.25. The molecule has 0 bridgehead atoms. The molecule has 0 saturated heterocycles. The van der Waals surface area contributed by atoms with Crippen LogP contribution in [0.15, 0.2) is 71.6 Å². The molecule has 1 atom stereocenters. The van der Waals surface area contributed by atoms with E-state index in [4.69, 9.17) is 4.42 Å². The number of nitrogens with one attached hydrogen (secondary N) is 1. The van der Waals surface area contributed by atoms with E-state index in [1.807, 2.05) is 72.4 Å². The van der Waals surface area contributed by atoms with Gasteiger partial charge in [0, 0.05) is 18.1 Å². The Kier molecular flexibility index (Phi) is 4.10. The van der Waals surface area contributed by atoms with Gasteiger partial charge in [-0.1, -0.05) is 18.2 Å². The highest BCUT2D eigenvalue weighted by Gasteiger charge is 2.20. The van der Waals surface area contributed by atoms with E-state index in [2.05, 4.69) is 5.32 Å². The van der Waals surface area contributed by atoms with Crippen molar-refractivity contribution in [2.75, 3.05) is 5.32 Å². The lowest BCUT2D eigenvalue weighted by Crippen LogP contribution is -2.19. The standard InChI is InChI=1S/C18H18N2O2/c1-14-7-2-3-8-15(14)19-18(21)13-16(17-9-6-12-22-17)20-10-4-5-11-20/h2-12,16H,13H2,1H3,(H,19,21)/t16-/m1/s1. The molecular weight excluding hydrogens is 276 g/mol. The van der Waals surface area contributed by atoms with E-state index in [-0.39, 0.29) is 11.9 Å². The number of aryl methyl sites for hydroxylation is 1. The van der Waals surface area contributed by atoms with Crippen LogP contribution in [0.5, 0.6) is 0 Å². The smallest absolute Gasteiger partial charge is 0.226 e. The van der Waals surface area contributed by atoms with E-state index in [0.29, 0.717) is 6.42 Å². The van der Waals surface area contributed by atoms with Gasteiger partial charge in [-0.15, -0.1) is 0 Å². The average Bonchev–Trinajstić information content (AvgIpc) is 3.21. The minimum absolute atomic E-state index is 0.0376. The molecule has 2 heterocycles. The topological polar surface area (TPSA) is 47.2 Å². The molecule has 1 amide bonds. The molecule has 3 rings (SSSR count). The van der Waals surface area contributed by atoms with Crippen LogP contribution < -0.4 is 5.32 Å². The maximum Gasteiger partial charge on any atom is 0.226 e. The van der Waals surface area contributed by atoms with Crippen molar-refractivity contribution < 1.29 is 9.21 Å². The summed E-state index contributed by atoms with van der Waals surface area (Å²) in [6.07, 6.45) is 5.82. The number of amides is 1. The molecule has 0 fully saturated rings. The van der Waals surface area contributed by atoms with E-state index in [0.717, 1.165) is 17.0 Å². The van der Waals surface area contributed by atoms with Crippen LogP contribution in [0, 0.1) is 6.92 Å². The minimum atomic E-state index is -0.144. The van der Waals surface area contributed by atoms with Crippen LogP contribution in [0.4, 0.5) is 5.69 Å². The van der Waals surface area contributed by atoms with Gasteiger partial charge in [-0.3, -0.25) is 4.79 Å². The van der Waals surface area contributed by atoms with Gasteiger partial charge in [0.1, 0.15) is 5.76 Å².